The molecule has 136 valence electrons. The van der Waals surface area contributed by atoms with Crippen molar-refractivity contribution in [3.8, 4) is 5.75 Å². The van der Waals surface area contributed by atoms with E-state index < -0.39 is 0 Å². The lowest BCUT2D eigenvalue weighted by molar-refractivity contribution is -0.117. The maximum atomic E-state index is 12.2. The number of urea groups is 1. The number of rotatable bonds is 6. The molecule has 6 heteroatoms. The van der Waals surface area contributed by atoms with E-state index >= 15 is 0 Å². The van der Waals surface area contributed by atoms with E-state index in [9.17, 15) is 9.59 Å². The molecular formula is C20H23N3O3. The van der Waals surface area contributed by atoms with Crippen LogP contribution in [0.2, 0.25) is 0 Å². The monoisotopic (exact) mass is 353 g/mol. The quantitative estimate of drug-likeness (QED) is 0.770. The molecule has 0 saturated heterocycles. The molecule has 2 aromatic carbocycles. The van der Waals surface area contributed by atoms with E-state index in [1.54, 1.807) is 30.1 Å². The summed E-state index contributed by atoms with van der Waals surface area (Å²) in [5.41, 5.74) is 3.15. The number of ether oxygens (including phenoxy) is 1. The maximum Gasteiger partial charge on any atom is 0.323 e. The number of carbonyl (C=O) groups excluding carboxylic acids is 2. The van der Waals surface area contributed by atoms with Crippen molar-refractivity contribution >= 4 is 29.0 Å². The molecule has 2 N–H and O–H groups in total. The number of likely N-dealkylation sites (N-methyl/N-ethyl adjacent to an activating group) is 1. The number of unbranched alkanes of at least 4 members (excludes halogenated alkanes) is 1. The first-order chi connectivity index (χ1) is 12.6. The zero-order chi connectivity index (χ0) is 18.5. The Morgan fingerprint density at radius 3 is 2.54 bits per heavy atom. The smallest absolute Gasteiger partial charge is 0.323 e. The van der Waals surface area contributed by atoms with E-state index in [0.29, 0.717) is 24.4 Å². The second-order valence-electron chi connectivity index (χ2n) is 6.28. The van der Waals surface area contributed by atoms with Crippen molar-refractivity contribution in [1.82, 2.24) is 0 Å². The number of nitrogens with one attached hydrogen (secondary N) is 2. The minimum absolute atomic E-state index is 0.0582. The minimum atomic E-state index is -0.331. The Balaban J connectivity index is 1.56. The fourth-order valence-corrected chi connectivity index (χ4v) is 2.81. The molecular weight excluding hydrogens is 330 g/mol. The normalized spacial score (nSPS) is 12.7. The Labute approximate surface area is 153 Å². The predicted octanol–water partition coefficient (Wildman–Crippen LogP) is 4.03. The summed E-state index contributed by atoms with van der Waals surface area (Å²) in [6, 6.07) is 12.4. The van der Waals surface area contributed by atoms with Gasteiger partial charge in [0.1, 0.15) is 5.75 Å². The lowest BCUT2D eigenvalue weighted by atomic mass is 10.1. The van der Waals surface area contributed by atoms with Crippen molar-refractivity contribution in [1.29, 1.82) is 0 Å². The summed E-state index contributed by atoms with van der Waals surface area (Å²) in [7, 11) is 1.75. The molecule has 3 amide bonds. The third-order valence-electron chi connectivity index (χ3n) is 4.29. The Morgan fingerprint density at radius 1 is 1.12 bits per heavy atom. The van der Waals surface area contributed by atoms with Gasteiger partial charge >= 0.3 is 6.03 Å². The molecule has 0 saturated carbocycles. The summed E-state index contributed by atoms with van der Waals surface area (Å²) in [5.74, 6) is 0.847. The van der Waals surface area contributed by atoms with E-state index in [-0.39, 0.29) is 11.9 Å². The van der Waals surface area contributed by atoms with Crippen LogP contribution in [0.25, 0.3) is 0 Å². The highest BCUT2D eigenvalue weighted by Gasteiger charge is 2.24. The van der Waals surface area contributed by atoms with Crippen molar-refractivity contribution < 1.29 is 14.3 Å². The average molecular weight is 353 g/mol. The van der Waals surface area contributed by atoms with Crippen LogP contribution in [0, 0.1) is 0 Å². The highest BCUT2D eigenvalue weighted by atomic mass is 16.5. The van der Waals surface area contributed by atoms with Crippen LogP contribution in [-0.2, 0) is 11.2 Å². The summed E-state index contributed by atoms with van der Waals surface area (Å²) < 4.78 is 5.60. The van der Waals surface area contributed by atoms with E-state index in [1.807, 2.05) is 24.3 Å². The van der Waals surface area contributed by atoms with Crippen molar-refractivity contribution in [2.75, 3.05) is 29.2 Å². The molecule has 0 bridgehead atoms. The Hall–Kier alpha value is -3.02. The lowest BCUT2D eigenvalue weighted by Gasteiger charge is -2.12. The molecule has 1 aliphatic heterocycles. The maximum absolute atomic E-state index is 12.2. The Morgan fingerprint density at radius 2 is 1.81 bits per heavy atom. The predicted molar refractivity (Wildman–Crippen MR) is 103 cm³/mol. The Bertz CT molecular complexity index is 802. The van der Waals surface area contributed by atoms with Gasteiger partial charge in [0, 0.05) is 24.1 Å². The van der Waals surface area contributed by atoms with Crippen molar-refractivity contribution in [2.45, 2.75) is 26.2 Å². The molecule has 0 aliphatic carbocycles. The molecule has 1 heterocycles. The molecule has 1 aliphatic rings. The summed E-state index contributed by atoms with van der Waals surface area (Å²) in [4.78, 5) is 25.5. The lowest BCUT2D eigenvalue weighted by Crippen LogP contribution is -2.20. The zero-order valence-electron chi connectivity index (χ0n) is 15.0. The first kappa shape index (κ1) is 17.8. The summed E-state index contributed by atoms with van der Waals surface area (Å²) in [6.07, 6.45) is 2.47. The number of anilines is 3. The van der Waals surface area contributed by atoms with Crippen LogP contribution in [0.1, 0.15) is 25.3 Å². The molecule has 3 rings (SSSR count). The molecule has 0 atom stereocenters. The van der Waals surface area contributed by atoms with Gasteiger partial charge in [0.2, 0.25) is 5.91 Å². The highest BCUT2D eigenvalue weighted by molar-refractivity contribution is 6.03. The minimum Gasteiger partial charge on any atom is -0.494 e. The molecule has 6 nitrogen and oxygen atoms in total. The van der Waals surface area contributed by atoms with Crippen molar-refractivity contribution in [3.05, 3.63) is 48.0 Å². The zero-order valence-corrected chi connectivity index (χ0v) is 15.0. The van der Waals surface area contributed by atoms with Gasteiger partial charge in [-0.3, -0.25) is 4.79 Å². The van der Waals surface area contributed by atoms with Crippen LogP contribution < -0.4 is 20.3 Å². The summed E-state index contributed by atoms with van der Waals surface area (Å²) in [5, 5.41) is 5.58. The number of hydrogen-bond acceptors (Lipinski definition) is 3. The highest BCUT2D eigenvalue weighted by Crippen LogP contribution is 2.30. The van der Waals surface area contributed by atoms with Gasteiger partial charge in [-0.05, 0) is 54.4 Å². The van der Waals surface area contributed by atoms with Gasteiger partial charge in [-0.1, -0.05) is 13.3 Å². The fraction of sp³-hybridized carbons (Fsp3) is 0.300. The average Bonchev–Trinajstić information content (AvgIpc) is 2.90. The van der Waals surface area contributed by atoms with E-state index in [0.717, 1.165) is 29.8 Å². The number of amides is 3. The third-order valence-corrected chi connectivity index (χ3v) is 4.29. The number of benzene rings is 2. The fourth-order valence-electron chi connectivity index (χ4n) is 2.81. The third kappa shape index (κ3) is 4.14. The van der Waals surface area contributed by atoms with E-state index in [1.165, 1.54) is 0 Å². The van der Waals surface area contributed by atoms with Crippen LogP contribution in [0.5, 0.6) is 5.75 Å². The van der Waals surface area contributed by atoms with Crippen molar-refractivity contribution in [3.63, 3.8) is 0 Å². The second-order valence-corrected chi connectivity index (χ2v) is 6.28. The summed E-state index contributed by atoms with van der Waals surface area (Å²) >= 11 is 0. The van der Waals surface area contributed by atoms with Gasteiger partial charge in [0.05, 0.1) is 13.0 Å². The standard InChI is InChI=1S/C20H23N3O3/c1-3-4-11-26-17-8-5-15(6-9-17)21-20(25)22-16-7-10-18-14(12-16)13-19(24)23(18)2/h5-10,12H,3-4,11,13H2,1-2H3,(H2,21,22,25). The van der Waals surface area contributed by atoms with Gasteiger partial charge in [-0.25, -0.2) is 4.79 Å². The second kappa shape index (κ2) is 7.91. The molecule has 2 aromatic rings. The molecule has 0 unspecified atom stereocenters. The van der Waals surface area contributed by atoms with Gasteiger partial charge in [-0.2, -0.15) is 0 Å². The van der Waals surface area contributed by atoms with Crippen LogP contribution in [-0.4, -0.2) is 25.6 Å². The topological polar surface area (TPSA) is 70.7 Å². The first-order valence-electron chi connectivity index (χ1n) is 8.77. The number of hydrogen-bond donors (Lipinski definition) is 2. The van der Waals surface area contributed by atoms with Crippen LogP contribution in [0.3, 0.4) is 0 Å². The number of fused-ring (bicyclic) bond motifs is 1. The molecule has 0 aromatic heterocycles. The van der Waals surface area contributed by atoms with Crippen LogP contribution in [0.4, 0.5) is 21.9 Å². The van der Waals surface area contributed by atoms with Gasteiger partial charge in [-0.15, -0.1) is 0 Å². The first-order valence-corrected chi connectivity index (χ1v) is 8.77. The van der Waals surface area contributed by atoms with Crippen LogP contribution >= 0.6 is 0 Å². The number of carbonyl (C=O) groups is 2. The summed E-state index contributed by atoms with van der Waals surface area (Å²) in [6.45, 7) is 2.81. The van der Waals surface area contributed by atoms with E-state index in [2.05, 4.69) is 17.6 Å². The van der Waals surface area contributed by atoms with Gasteiger partial charge in [0.25, 0.3) is 0 Å². The largest absolute Gasteiger partial charge is 0.494 e. The Kier molecular flexibility index (Phi) is 5.41. The van der Waals surface area contributed by atoms with E-state index in [4.69, 9.17) is 4.74 Å². The van der Waals surface area contributed by atoms with Crippen LogP contribution in [0.15, 0.2) is 42.5 Å². The molecule has 0 radical (unpaired) electrons. The molecule has 0 fully saturated rings. The van der Waals surface area contributed by atoms with Gasteiger partial charge in [0.15, 0.2) is 0 Å². The molecule has 0 spiro atoms. The van der Waals surface area contributed by atoms with Crippen molar-refractivity contribution in [2.24, 2.45) is 0 Å². The SMILES string of the molecule is CCCCOc1ccc(NC(=O)Nc2ccc3c(c2)CC(=O)N3C)cc1. The number of nitrogens with zero attached hydrogens (tertiary/aromatic N) is 1. The molecule has 26 heavy (non-hydrogen) atoms. The van der Waals surface area contributed by atoms with Gasteiger partial charge < -0.3 is 20.3 Å².